The van der Waals surface area contributed by atoms with Crippen LogP contribution in [0.5, 0.6) is 0 Å². The van der Waals surface area contributed by atoms with Crippen molar-refractivity contribution in [3.8, 4) is 0 Å². The summed E-state index contributed by atoms with van der Waals surface area (Å²) in [6.07, 6.45) is 0. The van der Waals surface area contributed by atoms with Gasteiger partial charge in [0, 0.05) is 43.0 Å². The Hall–Kier alpha value is -2.48. The third kappa shape index (κ3) is 4.58. The van der Waals surface area contributed by atoms with Gasteiger partial charge in [0.25, 0.3) is 5.56 Å². The first kappa shape index (κ1) is 21.2. The van der Waals surface area contributed by atoms with E-state index in [1.54, 1.807) is 18.2 Å². The van der Waals surface area contributed by atoms with Gasteiger partial charge in [-0.05, 0) is 32.0 Å². The molecule has 0 aliphatic carbocycles. The van der Waals surface area contributed by atoms with Crippen LogP contribution in [0.3, 0.4) is 0 Å². The highest BCUT2D eigenvalue weighted by molar-refractivity contribution is 6.04. The van der Waals surface area contributed by atoms with E-state index in [1.165, 1.54) is 0 Å². The molecule has 1 amide bonds. The van der Waals surface area contributed by atoms with Gasteiger partial charge in [-0.1, -0.05) is 18.2 Å². The molecule has 1 aliphatic heterocycles. The Morgan fingerprint density at radius 1 is 1.10 bits per heavy atom. The quantitative estimate of drug-likeness (QED) is 0.640. The predicted molar refractivity (Wildman–Crippen MR) is 119 cm³/mol. The molecule has 8 heteroatoms. The zero-order valence-electron chi connectivity index (χ0n) is 16.6. The average molecular weight is 416 g/mol. The van der Waals surface area contributed by atoms with Crippen LogP contribution in [-0.2, 0) is 4.79 Å². The minimum absolute atomic E-state index is 0. The number of halogens is 1. The van der Waals surface area contributed by atoms with E-state index in [9.17, 15) is 9.59 Å². The molecule has 1 saturated heterocycles. The van der Waals surface area contributed by atoms with Gasteiger partial charge in [-0.3, -0.25) is 19.4 Å². The molecule has 1 aromatic carbocycles. The molecule has 0 unspecified atom stereocenters. The maximum Gasteiger partial charge on any atom is 0.256 e. The molecule has 0 spiro atoms. The molecule has 2 N–H and O–H groups in total. The lowest BCUT2D eigenvalue weighted by Crippen LogP contribution is -2.50. The number of amides is 1. The van der Waals surface area contributed by atoms with Crippen molar-refractivity contribution in [3.63, 3.8) is 0 Å². The lowest BCUT2D eigenvalue weighted by molar-refractivity contribution is -0.117. The van der Waals surface area contributed by atoms with Gasteiger partial charge in [-0.25, -0.2) is 4.98 Å². The van der Waals surface area contributed by atoms with Gasteiger partial charge in [0.15, 0.2) is 0 Å². The van der Waals surface area contributed by atoms with Gasteiger partial charge in [0.1, 0.15) is 5.82 Å². The third-order valence-corrected chi connectivity index (χ3v) is 5.34. The van der Waals surface area contributed by atoms with E-state index >= 15 is 0 Å². The summed E-state index contributed by atoms with van der Waals surface area (Å²) in [7, 11) is 0. The predicted octanol–water partition coefficient (Wildman–Crippen LogP) is 2.46. The average Bonchev–Trinajstić information content (AvgIpc) is 2.69. The van der Waals surface area contributed by atoms with E-state index in [1.807, 2.05) is 18.2 Å². The van der Waals surface area contributed by atoms with E-state index in [0.717, 1.165) is 31.6 Å². The number of pyridine rings is 2. The molecule has 1 aliphatic rings. The van der Waals surface area contributed by atoms with Crippen molar-refractivity contribution in [1.29, 1.82) is 0 Å². The summed E-state index contributed by atoms with van der Waals surface area (Å²) < 4.78 is 0. The Morgan fingerprint density at radius 2 is 1.79 bits per heavy atom. The summed E-state index contributed by atoms with van der Waals surface area (Å²) in [5.74, 6) is 0.425. The van der Waals surface area contributed by atoms with Crippen LogP contribution >= 0.6 is 12.4 Å². The first-order chi connectivity index (χ1) is 13.5. The molecule has 154 valence electrons. The Balaban J connectivity index is 0.00000240. The summed E-state index contributed by atoms with van der Waals surface area (Å²) in [6, 6.07) is 11.4. The first-order valence-electron chi connectivity index (χ1n) is 9.69. The van der Waals surface area contributed by atoms with Crippen molar-refractivity contribution in [2.45, 2.75) is 19.9 Å². The molecule has 4 rings (SSSR count). The summed E-state index contributed by atoms with van der Waals surface area (Å²) in [5, 5.41) is 4.27. The minimum Gasteiger partial charge on any atom is -0.320 e. The number of benzene rings is 1. The lowest BCUT2D eigenvalue weighted by atomic mass is 10.1. The Morgan fingerprint density at radius 3 is 2.48 bits per heavy atom. The molecule has 0 bridgehead atoms. The molecule has 1 fully saturated rings. The molecule has 3 heterocycles. The molecular weight excluding hydrogens is 390 g/mol. The summed E-state index contributed by atoms with van der Waals surface area (Å²) in [4.78, 5) is 36.7. The zero-order chi connectivity index (χ0) is 19.7. The highest BCUT2D eigenvalue weighted by atomic mass is 35.5. The smallest absolute Gasteiger partial charge is 0.256 e. The lowest BCUT2D eigenvalue weighted by Gasteiger charge is -2.36. The van der Waals surface area contributed by atoms with E-state index < -0.39 is 0 Å². The number of rotatable bonds is 4. The number of piperazine rings is 1. The zero-order valence-corrected chi connectivity index (χ0v) is 17.5. The second kappa shape index (κ2) is 8.90. The van der Waals surface area contributed by atoms with Gasteiger partial charge < -0.3 is 10.3 Å². The van der Waals surface area contributed by atoms with Gasteiger partial charge in [-0.2, -0.15) is 0 Å². The molecule has 2 aromatic heterocycles. The third-order valence-electron chi connectivity index (χ3n) is 5.34. The van der Waals surface area contributed by atoms with Crippen LogP contribution in [0.1, 0.15) is 13.8 Å². The number of aromatic amines is 1. The molecule has 0 saturated carbocycles. The Bertz CT molecular complexity index is 1070. The number of aromatic nitrogens is 2. The van der Waals surface area contributed by atoms with Crippen LogP contribution in [0.2, 0.25) is 0 Å². The van der Waals surface area contributed by atoms with Crippen molar-refractivity contribution < 1.29 is 4.79 Å². The number of nitrogens with one attached hydrogen (secondary N) is 2. The second-order valence-electron chi connectivity index (χ2n) is 7.55. The van der Waals surface area contributed by atoms with E-state index in [4.69, 9.17) is 0 Å². The number of fused-ring (bicyclic) bond motifs is 3. The van der Waals surface area contributed by atoms with E-state index in [-0.39, 0.29) is 23.9 Å². The fourth-order valence-electron chi connectivity index (χ4n) is 3.74. The summed E-state index contributed by atoms with van der Waals surface area (Å²) in [5.41, 5.74) is 1.20. The number of hydrogen-bond acceptors (Lipinski definition) is 5. The van der Waals surface area contributed by atoms with Crippen LogP contribution in [-0.4, -0.2) is 64.4 Å². The van der Waals surface area contributed by atoms with Crippen molar-refractivity contribution in [3.05, 3.63) is 46.8 Å². The second-order valence-corrected chi connectivity index (χ2v) is 7.55. The van der Waals surface area contributed by atoms with Gasteiger partial charge in [0.05, 0.1) is 17.6 Å². The molecule has 29 heavy (non-hydrogen) atoms. The molecule has 0 atom stereocenters. The fourth-order valence-corrected chi connectivity index (χ4v) is 3.74. The van der Waals surface area contributed by atoms with Crippen molar-refractivity contribution >= 4 is 45.9 Å². The Labute approximate surface area is 175 Å². The Kier molecular flexibility index (Phi) is 6.52. The standard InChI is InChI=1S/C21H25N5O2.ClH/c1-14(2)26-11-9-25(10-12-26)13-19(27)23-18-8-7-17-20(24-18)15-5-3-4-6-16(15)21(28)22-17;/h3-8,14H,9-13H2,1-2H3,(H,22,28)(H,23,24,27);1H. The number of anilines is 1. The highest BCUT2D eigenvalue weighted by Gasteiger charge is 2.20. The number of carbonyl (C=O) groups is 1. The molecular formula is C21H26ClN5O2. The van der Waals surface area contributed by atoms with Crippen molar-refractivity contribution in [2.24, 2.45) is 0 Å². The van der Waals surface area contributed by atoms with Crippen molar-refractivity contribution in [2.75, 3.05) is 38.0 Å². The first-order valence-corrected chi connectivity index (χ1v) is 9.69. The SMILES string of the molecule is CC(C)N1CCN(CC(=O)Nc2ccc3[nH]c(=O)c4ccccc4c3n2)CC1.Cl. The molecule has 0 radical (unpaired) electrons. The topological polar surface area (TPSA) is 81.3 Å². The largest absolute Gasteiger partial charge is 0.320 e. The van der Waals surface area contributed by atoms with Gasteiger partial charge in [0.2, 0.25) is 5.91 Å². The molecule has 3 aromatic rings. The van der Waals surface area contributed by atoms with E-state index in [0.29, 0.717) is 34.8 Å². The van der Waals surface area contributed by atoms with Gasteiger partial charge in [-0.15, -0.1) is 12.4 Å². The number of carbonyl (C=O) groups excluding carboxylic acids is 1. The number of nitrogens with zero attached hydrogens (tertiary/aromatic N) is 3. The monoisotopic (exact) mass is 415 g/mol. The van der Waals surface area contributed by atoms with Crippen LogP contribution in [0.25, 0.3) is 21.8 Å². The van der Waals surface area contributed by atoms with Crippen LogP contribution in [0, 0.1) is 0 Å². The summed E-state index contributed by atoms with van der Waals surface area (Å²) >= 11 is 0. The summed E-state index contributed by atoms with van der Waals surface area (Å²) in [6.45, 7) is 8.51. The van der Waals surface area contributed by atoms with Crippen LogP contribution < -0.4 is 10.9 Å². The van der Waals surface area contributed by atoms with Crippen molar-refractivity contribution in [1.82, 2.24) is 19.8 Å². The van der Waals surface area contributed by atoms with Crippen LogP contribution in [0.15, 0.2) is 41.2 Å². The number of H-pyrrole nitrogens is 1. The normalized spacial score (nSPS) is 15.6. The molecule has 7 nitrogen and oxygen atoms in total. The minimum atomic E-state index is -0.137. The van der Waals surface area contributed by atoms with Gasteiger partial charge >= 0.3 is 0 Å². The van der Waals surface area contributed by atoms with E-state index in [2.05, 4.69) is 38.9 Å². The number of hydrogen-bond donors (Lipinski definition) is 2. The fraction of sp³-hybridized carbons (Fsp3) is 0.381. The van der Waals surface area contributed by atoms with Crippen LogP contribution in [0.4, 0.5) is 5.82 Å². The highest BCUT2D eigenvalue weighted by Crippen LogP contribution is 2.21. The maximum atomic E-state index is 12.5. The maximum absolute atomic E-state index is 12.5.